The summed E-state index contributed by atoms with van der Waals surface area (Å²) in [5.74, 6) is 15.7. The van der Waals surface area contributed by atoms with Gasteiger partial charge in [-0.3, -0.25) is 0 Å². The summed E-state index contributed by atoms with van der Waals surface area (Å²) in [5, 5.41) is 163. The molecule has 15 saturated heterocycles. The summed E-state index contributed by atoms with van der Waals surface area (Å²) >= 11 is 0. The SMILES string of the molecule is C#CCO[C@H]1[C@H]2O[C@H]3[C@H](O)[C@@H](OCC#C)[C@@H](O[C@H]4[C@H](O)[C@@H](OCC#C)[C@@H](O[C@H]5[C@H](O)[C@@H](OCC#C)[C@@H](O[C@H]6[C@H](O)[C@@H](OCC#C)[C@@H](O[C@H]7[C@H](O)[C@@H](OCC#C)[C@@H](O[C@H]8[C@H](O)[C@@H](OCC#C)[C@@H](O[C@@H]([C@@H]1O)[C@@H](CO)O2)O[C@@H]8CO)O[C@@H]7CO)O[C@@H]6CO)O[C@@H]5CO)O[C@@H]4CO)O[C@@H]3CO. The van der Waals surface area contributed by atoms with Gasteiger partial charge in [-0.1, -0.05) is 41.4 Å². The van der Waals surface area contributed by atoms with E-state index in [9.17, 15) is 71.5 Å². The van der Waals surface area contributed by atoms with Crippen molar-refractivity contribution in [1.29, 1.82) is 0 Å². The van der Waals surface area contributed by atoms with Crippen LogP contribution in [0.5, 0.6) is 0 Å². The normalized spacial score (nSPS) is 45.4. The van der Waals surface area contributed by atoms with Gasteiger partial charge in [0.1, 0.15) is 217 Å². The van der Waals surface area contributed by atoms with Crippen LogP contribution < -0.4 is 0 Å². The summed E-state index contributed by atoms with van der Waals surface area (Å²) in [4.78, 5) is 0. The van der Waals surface area contributed by atoms with Crippen LogP contribution in [0, 0.1) is 86.4 Å². The van der Waals surface area contributed by atoms with Crippen molar-refractivity contribution in [3.05, 3.63) is 0 Å². The summed E-state index contributed by atoms with van der Waals surface area (Å²) in [6, 6.07) is 0. The fourth-order valence-electron chi connectivity index (χ4n) is 12.6. The topological polar surface area (TPSA) is 477 Å². The van der Waals surface area contributed by atoms with Gasteiger partial charge in [-0.25, -0.2) is 0 Å². The van der Waals surface area contributed by atoms with Crippen molar-refractivity contribution in [1.82, 2.24) is 0 Å². The molecule has 0 aliphatic carbocycles. The molecular weight excluding hydrogens is 1320 g/mol. The minimum Gasteiger partial charge on any atom is -0.394 e. The molecule has 0 aromatic heterocycles. The maximum absolute atomic E-state index is 12.3. The molecule has 35 heteroatoms. The summed E-state index contributed by atoms with van der Waals surface area (Å²) < 4.78 is 128. The van der Waals surface area contributed by atoms with Crippen LogP contribution >= 0.6 is 0 Å². The third kappa shape index (κ3) is 17.8. The van der Waals surface area contributed by atoms with E-state index < -0.39 is 307 Å². The Kier molecular flexibility index (Phi) is 30.8. The van der Waals surface area contributed by atoms with Gasteiger partial charge in [0.2, 0.25) is 0 Å². The predicted molar refractivity (Wildman–Crippen MR) is 316 cm³/mol. The molecular formula is C63H84O35. The zero-order chi connectivity index (χ0) is 70.9. The van der Waals surface area contributed by atoms with Crippen molar-refractivity contribution >= 4 is 0 Å². The number of hydrogen-bond acceptors (Lipinski definition) is 35. The molecule has 0 aromatic carbocycles. The highest BCUT2D eigenvalue weighted by Gasteiger charge is 2.61. The maximum Gasteiger partial charge on any atom is 0.187 e. The number of hydrogen-bond donors (Lipinski definition) is 14. The second-order valence-electron chi connectivity index (χ2n) is 23.1. The fourth-order valence-corrected chi connectivity index (χ4v) is 12.6. The molecule has 35 atom stereocenters. The highest BCUT2D eigenvalue weighted by Crippen LogP contribution is 2.41. The van der Waals surface area contributed by atoms with Crippen molar-refractivity contribution in [2.75, 3.05) is 92.5 Å². The zero-order valence-electron chi connectivity index (χ0n) is 52.5. The summed E-state index contributed by atoms with van der Waals surface area (Å²) in [5.41, 5.74) is 0. The zero-order valence-corrected chi connectivity index (χ0v) is 52.5. The first-order chi connectivity index (χ1) is 47.4. The number of terminal acetylenes is 7. The molecule has 0 radical (unpaired) electrons. The maximum atomic E-state index is 12.3. The first kappa shape index (κ1) is 79.2. The molecule has 15 fully saturated rings. The van der Waals surface area contributed by atoms with Crippen molar-refractivity contribution in [2.24, 2.45) is 0 Å². The van der Waals surface area contributed by atoms with Gasteiger partial charge >= 0.3 is 0 Å². The van der Waals surface area contributed by atoms with Gasteiger partial charge < -0.3 is 171 Å². The third-order valence-electron chi connectivity index (χ3n) is 17.1. The summed E-state index contributed by atoms with van der Waals surface area (Å²) in [6.45, 7) is -11.0. The molecule has 0 spiro atoms. The molecule has 0 unspecified atom stereocenters. The Morgan fingerprint density at radius 1 is 0.204 bits per heavy atom. The molecule has 546 valence electrons. The van der Waals surface area contributed by atoms with Crippen LogP contribution in [0.25, 0.3) is 0 Å². The standard InChI is InChI=1S/C63H84O35/c1-8-15-78-50-36(71)43-29(22-64)85-57(50)92-44-30(23-65)86-59(51(37(44)72)79-16-9-2)94-46-32(25-67)88-61(53(39(46)74)81-18-11-4)96-48-34(27-69)90-63(55(41(48)76)83-20-13-6)98-49-35(28-70)91-62(56(42(49)77)84-21-14-7)97-47-33(26-68)89-60(54(40(47)75)82-19-12-5)95-45-31(24-66)87-58(93-43)52(38(45)73)80-17-10-3/h1-7,29-77H,15-28H2/t29-,30-,31-,32-,33-,34-,35-,36+,37+,38+,39+,40+,41+,42+,43-,44-,45-,46-,47-,48-,49-,50-,51-,52-,53-,54-,55-,56-,57-,58-,59-,60-,61-,62-,63-/m1/s1. The van der Waals surface area contributed by atoms with Crippen molar-refractivity contribution in [3.8, 4) is 86.4 Å². The van der Waals surface area contributed by atoms with Gasteiger partial charge in [-0.2, -0.15) is 0 Å². The van der Waals surface area contributed by atoms with Crippen LogP contribution in [0.2, 0.25) is 0 Å². The van der Waals surface area contributed by atoms with Crippen LogP contribution in [-0.4, -0.2) is 379 Å². The van der Waals surface area contributed by atoms with Gasteiger partial charge in [-0.05, 0) is 0 Å². The number of rotatable bonds is 21. The Morgan fingerprint density at radius 3 is 0.408 bits per heavy atom. The van der Waals surface area contributed by atoms with E-state index in [4.69, 9.17) is 144 Å². The lowest BCUT2D eigenvalue weighted by Gasteiger charge is -2.51. The second kappa shape index (κ2) is 38.2. The number of aliphatic hydroxyl groups is 14. The number of aliphatic hydroxyl groups excluding tert-OH is 14. The molecule has 15 aliphatic heterocycles. The van der Waals surface area contributed by atoms with E-state index in [1.54, 1.807) is 0 Å². The molecule has 35 nitrogen and oxygen atoms in total. The summed E-state index contributed by atoms with van der Waals surface area (Å²) in [7, 11) is 0. The molecule has 0 amide bonds. The van der Waals surface area contributed by atoms with E-state index in [-0.39, 0.29) is 0 Å². The molecule has 14 bridgehead atoms. The molecule has 98 heavy (non-hydrogen) atoms. The predicted octanol–water partition coefficient (Wildman–Crippen LogP) is -10.6. The van der Waals surface area contributed by atoms with Gasteiger partial charge in [0, 0.05) is 0 Å². The monoisotopic (exact) mass is 1400 g/mol. The number of ether oxygens (including phenoxy) is 21. The van der Waals surface area contributed by atoms with Gasteiger partial charge in [-0.15, -0.1) is 45.0 Å². The van der Waals surface area contributed by atoms with Crippen LogP contribution in [0.1, 0.15) is 0 Å². The van der Waals surface area contributed by atoms with Crippen LogP contribution in [0.4, 0.5) is 0 Å². The highest BCUT2D eigenvalue weighted by atomic mass is 16.8. The van der Waals surface area contributed by atoms with Gasteiger partial charge in [0.25, 0.3) is 0 Å². The van der Waals surface area contributed by atoms with Crippen molar-refractivity contribution in [3.63, 3.8) is 0 Å². The van der Waals surface area contributed by atoms with Gasteiger partial charge in [0.15, 0.2) is 44.0 Å². The van der Waals surface area contributed by atoms with Crippen LogP contribution in [0.15, 0.2) is 0 Å². The Hall–Kier alpha value is -4.48. The lowest BCUT2D eigenvalue weighted by Crippen LogP contribution is -2.69. The fraction of sp³-hybridized carbons (Fsp3) is 0.778. The van der Waals surface area contributed by atoms with E-state index in [1.807, 2.05) is 0 Å². The minimum absolute atomic E-state index is 0.572. The molecule has 0 aromatic rings. The molecule has 0 saturated carbocycles. The van der Waals surface area contributed by atoms with E-state index >= 15 is 0 Å². The first-order valence-corrected chi connectivity index (χ1v) is 31.0. The van der Waals surface area contributed by atoms with E-state index in [1.165, 1.54) is 0 Å². The highest BCUT2D eigenvalue weighted by molar-refractivity contribution is 5.05. The average molecular weight is 1400 g/mol. The van der Waals surface area contributed by atoms with Gasteiger partial charge in [0.05, 0.1) is 46.2 Å². The summed E-state index contributed by atoms with van der Waals surface area (Å²) in [6.07, 6.45) is -24.9. The Bertz CT molecular complexity index is 2250. The second-order valence-corrected chi connectivity index (χ2v) is 23.1. The Morgan fingerprint density at radius 2 is 0.316 bits per heavy atom. The van der Waals surface area contributed by atoms with E-state index in [2.05, 4.69) is 41.4 Å². The smallest absolute Gasteiger partial charge is 0.187 e. The van der Waals surface area contributed by atoms with Crippen molar-refractivity contribution in [2.45, 2.75) is 215 Å². The third-order valence-corrected chi connectivity index (χ3v) is 17.1. The first-order valence-electron chi connectivity index (χ1n) is 31.0. The molecule has 15 rings (SSSR count). The quantitative estimate of drug-likeness (QED) is 0.0475. The van der Waals surface area contributed by atoms with Crippen LogP contribution in [0.3, 0.4) is 0 Å². The Labute approximate surface area is 563 Å². The van der Waals surface area contributed by atoms with E-state index in [0.717, 1.165) is 0 Å². The number of fused-ring (bicyclic) bond motifs is 7. The molecule has 15 aliphatic rings. The largest absolute Gasteiger partial charge is 0.394 e. The average Bonchev–Trinajstić information content (AvgIpc) is 0.773. The molecule has 14 N–H and O–H groups in total. The minimum atomic E-state index is -2.01. The van der Waals surface area contributed by atoms with Crippen LogP contribution in [-0.2, 0) is 99.5 Å². The molecule has 15 heterocycles. The van der Waals surface area contributed by atoms with E-state index in [0.29, 0.717) is 0 Å². The Balaban J connectivity index is 1.21. The van der Waals surface area contributed by atoms with Crippen molar-refractivity contribution < 1.29 is 171 Å². The lowest BCUT2D eigenvalue weighted by molar-refractivity contribution is -0.401. The lowest BCUT2D eigenvalue weighted by atomic mass is 9.95.